The lowest BCUT2D eigenvalue weighted by Gasteiger charge is -2.16. The molecular formula is C28H21ClN2O4. The number of benzene rings is 4. The van der Waals surface area contributed by atoms with E-state index < -0.39 is 11.8 Å². The molecule has 7 heteroatoms. The van der Waals surface area contributed by atoms with Crippen LogP contribution in [-0.2, 0) is 16.2 Å². The Bertz CT molecular complexity index is 1460. The first-order valence-corrected chi connectivity index (χ1v) is 11.3. The van der Waals surface area contributed by atoms with Crippen molar-refractivity contribution in [3.63, 3.8) is 0 Å². The quantitative estimate of drug-likeness (QED) is 0.288. The van der Waals surface area contributed by atoms with Crippen molar-refractivity contribution in [3.05, 3.63) is 107 Å². The number of ether oxygens (including phenoxy) is 2. The molecule has 0 aromatic heterocycles. The number of amides is 2. The van der Waals surface area contributed by atoms with Gasteiger partial charge < -0.3 is 9.47 Å². The van der Waals surface area contributed by atoms with Crippen molar-refractivity contribution in [2.75, 3.05) is 12.1 Å². The number of anilines is 1. The third kappa shape index (κ3) is 4.44. The summed E-state index contributed by atoms with van der Waals surface area (Å²) in [5, 5.41) is 3.78. The van der Waals surface area contributed by atoms with Crippen LogP contribution in [0.1, 0.15) is 11.1 Å². The molecule has 6 nitrogen and oxygen atoms in total. The average molecular weight is 485 g/mol. The fourth-order valence-electron chi connectivity index (χ4n) is 4.04. The molecule has 1 aliphatic heterocycles. The third-order valence-corrected chi connectivity index (χ3v) is 5.94. The van der Waals surface area contributed by atoms with Crippen LogP contribution in [0.4, 0.5) is 5.69 Å². The second kappa shape index (κ2) is 9.52. The highest BCUT2D eigenvalue weighted by molar-refractivity contribution is 6.32. The summed E-state index contributed by atoms with van der Waals surface area (Å²) >= 11 is 6.32. The van der Waals surface area contributed by atoms with E-state index in [1.165, 1.54) is 18.2 Å². The second-order valence-electron chi connectivity index (χ2n) is 7.93. The molecule has 0 aliphatic carbocycles. The molecule has 2 amide bonds. The Morgan fingerprint density at radius 2 is 1.69 bits per heavy atom. The highest BCUT2D eigenvalue weighted by Gasteiger charge is 2.34. The molecule has 5 rings (SSSR count). The summed E-state index contributed by atoms with van der Waals surface area (Å²) in [4.78, 5) is 25.8. The van der Waals surface area contributed by atoms with Gasteiger partial charge >= 0.3 is 0 Å². The Morgan fingerprint density at radius 1 is 0.943 bits per heavy atom. The number of hydrogen-bond donors (Lipinski definition) is 1. The van der Waals surface area contributed by atoms with Gasteiger partial charge in [-0.2, -0.15) is 0 Å². The predicted octanol–water partition coefficient (Wildman–Crippen LogP) is 5.54. The van der Waals surface area contributed by atoms with Gasteiger partial charge in [-0.25, -0.2) is 5.01 Å². The van der Waals surface area contributed by atoms with E-state index in [0.29, 0.717) is 27.8 Å². The lowest BCUT2D eigenvalue weighted by atomic mass is 10.1. The summed E-state index contributed by atoms with van der Waals surface area (Å²) in [6.45, 7) is 0.256. The molecule has 0 radical (unpaired) electrons. The summed E-state index contributed by atoms with van der Waals surface area (Å²) in [5.74, 6) is -0.204. The van der Waals surface area contributed by atoms with Gasteiger partial charge in [0.25, 0.3) is 11.8 Å². The molecule has 0 atom stereocenters. The van der Waals surface area contributed by atoms with Crippen molar-refractivity contribution >= 4 is 46.0 Å². The number of fused-ring (bicyclic) bond motifs is 1. The molecule has 1 aliphatic rings. The molecule has 174 valence electrons. The Hall–Kier alpha value is -4.29. The topological polar surface area (TPSA) is 67.9 Å². The van der Waals surface area contributed by atoms with Crippen LogP contribution in [-0.4, -0.2) is 18.9 Å². The van der Waals surface area contributed by atoms with E-state index >= 15 is 0 Å². The first-order chi connectivity index (χ1) is 17.0. The molecular weight excluding hydrogens is 464 g/mol. The van der Waals surface area contributed by atoms with Crippen LogP contribution in [0.5, 0.6) is 11.5 Å². The number of hydrazine groups is 1. The van der Waals surface area contributed by atoms with Crippen LogP contribution < -0.4 is 19.9 Å². The highest BCUT2D eigenvalue weighted by Crippen LogP contribution is 2.37. The molecule has 1 heterocycles. The maximum Gasteiger partial charge on any atom is 0.282 e. The number of halogens is 1. The summed E-state index contributed by atoms with van der Waals surface area (Å²) in [5.41, 5.74) is 4.58. The average Bonchev–Trinajstić information content (AvgIpc) is 3.16. The standard InChI is InChI=1S/C28H21ClN2O4/c1-34-25-16-21(29)14-20(15-24-27(32)30-31(28(24)33)22-11-3-2-4-12-22)26(25)35-17-19-10-7-9-18-8-5-6-13-23(18)19/h2-16H,17H2,1H3,(H,30,32). The number of carbonyl (C=O) groups is 2. The monoisotopic (exact) mass is 484 g/mol. The zero-order valence-corrected chi connectivity index (χ0v) is 19.6. The third-order valence-electron chi connectivity index (χ3n) is 5.73. The normalized spacial score (nSPS) is 14.5. The van der Waals surface area contributed by atoms with Crippen LogP contribution in [0.3, 0.4) is 0 Å². The summed E-state index contributed by atoms with van der Waals surface area (Å²) < 4.78 is 11.7. The zero-order valence-electron chi connectivity index (χ0n) is 18.8. The lowest BCUT2D eigenvalue weighted by Crippen LogP contribution is -2.35. The number of hydrogen-bond acceptors (Lipinski definition) is 4. The molecule has 0 spiro atoms. The van der Waals surface area contributed by atoms with Gasteiger partial charge in [0.15, 0.2) is 11.5 Å². The Balaban J connectivity index is 1.51. The van der Waals surface area contributed by atoms with Crippen molar-refractivity contribution in [2.45, 2.75) is 6.61 Å². The first kappa shape index (κ1) is 22.5. The first-order valence-electron chi connectivity index (χ1n) is 10.9. The molecule has 4 aromatic carbocycles. The molecule has 1 saturated heterocycles. The van der Waals surface area contributed by atoms with Crippen molar-refractivity contribution < 1.29 is 19.1 Å². The van der Waals surface area contributed by atoms with Crippen molar-refractivity contribution in [1.29, 1.82) is 0 Å². The number of para-hydroxylation sites is 1. The van der Waals surface area contributed by atoms with Crippen LogP contribution in [0, 0.1) is 0 Å². The van der Waals surface area contributed by atoms with E-state index in [9.17, 15) is 9.59 Å². The fourth-order valence-corrected chi connectivity index (χ4v) is 4.26. The molecule has 0 bridgehead atoms. The maximum absolute atomic E-state index is 13.1. The molecule has 0 unspecified atom stereocenters. The minimum Gasteiger partial charge on any atom is -0.493 e. The van der Waals surface area contributed by atoms with Crippen molar-refractivity contribution in [2.24, 2.45) is 0 Å². The predicted molar refractivity (Wildman–Crippen MR) is 136 cm³/mol. The van der Waals surface area contributed by atoms with Crippen molar-refractivity contribution in [3.8, 4) is 11.5 Å². The van der Waals surface area contributed by atoms with Gasteiger partial charge in [0.2, 0.25) is 0 Å². The van der Waals surface area contributed by atoms with Crippen LogP contribution in [0.2, 0.25) is 5.02 Å². The number of nitrogens with zero attached hydrogens (tertiary/aromatic N) is 1. The van der Waals surface area contributed by atoms with E-state index in [4.69, 9.17) is 21.1 Å². The minimum absolute atomic E-state index is 0.0341. The van der Waals surface area contributed by atoms with Crippen LogP contribution >= 0.6 is 11.6 Å². The SMILES string of the molecule is COc1cc(Cl)cc(C=C2C(=O)NN(c3ccccc3)C2=O)c1OCc1cccc2ccccc12. The van der Waals surface area contributed by atoms with Gasteiger partial charge in [-0.05, 0) is 40.6 Å². The van der Waals surface area contributed by atoms with Gasteiger partial charge in [-0.1, -0.05) is 72.3 Å². The van der Waals surface area contributed by atoms with Gasteiger partial charge in [-0.3, -0.25) is 15.0 Å². The van der Waals surface area contributed by atoms with E-state index in [-0.39, 0.29) is 12.2 Å². The van der Waals surface area contributed by atoms with E-state index in [1.807, 2.05) is 48.5 Å². The summed E-state index contributed by atoms with van der Waals surface area (Å²) in [6, 6.07) is 26.2. The fraction of sp³-hybridized carbons (Fsp3) is 0.0714. The van der Waals surface area contributed by atoms with Gasteiger partial charge in [0.05, 0.1) is 12.8 Å². The molecule has 1 fully saturated rings. The van der Waals surface area contributed by atoms with Crippen LogP contribution in [0.25, 0.3) is 16.8 Å². The molecule has 0 saturated carbocycles. The Labute approximate surface area is 207 Å². The van der Waals surface area contributed by atoms with Crippen molar-refractivity contribution in [1.82, 2.24) is 5.43 Å². The molecule has 1 N–H and O–H groups in total. The largest absolute Gasteiger partial charge is 0.493 e. The Morgan fingerprint density at radius 3 is 2.49 bits per heavy atom. The number of nitrogens with one attached hydrogen (secondary N) is 1. The number of carbonyl (C=O) groups excluding carboxylic acids is 2. The smallest absolute Gasteiger partial charge is 0.282 e. The van der Waals surface area contributed by atoms with Gasteiger partial charge in [-0.15, -0.1) is 0 Å². The zero-order chi connectivity index (χ0) is 24.4. The Kier molecular flexibility index (Phi) is 6.12. The number of rotatable bonds is 6. The van der Waals surface area contributed by atoms with E-state index in [1.54, 1.807) is 36.4 Å². The molecule has 4 aromatic rings. The minimum atomic E-state index is -0.516. The highest BCUT2D eigenvalue weighted by atomic mass is 35.5. The van der Waals surface area contributed by atoms with E-state index in [0.717, 1.165) is 16.3 Å². The maximum atomic E-state index is 13.1. The second-order valence-corrected chi connectivity index (χ2v) is 8.36. The summed E-state index contributed by atoms with van der Waals surface area (Å²) in [7, 11) is 1.51. The van der Waals surface area contributed by atoms with E-state index in [2.05, 4.69) is 5.43 Å². The van der Waals surface area contributed by atoms with Gasteiger partial charge in [0.1, 0.15) is 12.2 Å². The lowest BCUT2D eigenvalue weighted by molar-refractivity contribution is -0.117. The molecule has 35 heavy (non-hydrogen) atoms. The van der Waals surface area contributed by atoms with Crippen LogP contribution in [0.15, 0.2) is 90.5 Å². The summed E-state index contributed by atoms with van der Waals surface area (Å²) in [6.07, 6.45) is 1.48. The van der Waals surface area contributed by atoms with Gasteiger partial charge in [0, 0.05) is 16.7 Å². The number of methoxy groups -OCH3 is 1.